The molecule has 8 N–H and O–H groups in total. The molecule has 0 saturated heterocycles. The van der Waals surface area contributed by atoms with Crippen molar-refractivity contribution < 1.29 is 249 Å². The third-order valence-corrected chi connectivity index (χ3v) is 27.0. The number of amides is 4. The maximum Gasteiger partial charge on any atom is 1.00 e. The summed E-state index contributed by atoms with van der Waals surface area (Å²) in [5, 5.41) is 16.9. The van der Waals surface area contributed by atoms with E-state index in [0.717, 1.165) is 130 Å². The molecule has 3 aromatic heterocycles. The van der Waals surface area contributed by atoms with E-state index in [9.17, 15) is 88.3 Å². The zero-order valence-electron chi connectivity index (χ0n) is 77.9. The number of benzene rings is 8. The van der Waals surface area contributed by atoms with E-state index in [1.54, 1.807) is 144 Å². The van der Waals surface area contributed by atoms with E-state index in [4.69, 9.17) is 22.3 Å². The summed E-state index contributed by atoms with van der Waals surface area (Å²) in [7, 11) is -14.5. The molecule has 3 atom stereocenters. The Morgan fingerprint density at radius 3 is 1.08 bits per heavy atom. The monoisotopic (exact) mass is 2250 g/mol. The number of unbranched alkanes of at least 4 members (excludes halogenated alkanes) is 3. The molecule has 41 heteroatoms. The Kier molecular flexibility index (Phi) is 50.6. The molecule has 0 spiro atoms. The molecule has 4 amide bonds. The Hall–Kier alpha value is -7.63. The van der Waals surface area contributed by atoms with Crippen LogP contribution in [0.3, 0.4) is 0 Å². The molecule has 13 rings (SSSR count). The summed E-state index contributed by atoms with van der Waals surface area (Å²) in [6.07, 6.45) is -1.06. The number of pyridine rings is 3. The molecule has 0 unspecified atom stereocenters. The fraction of sp³-hybridized carbons (Fsp3) is 0.284. The second kappa shape index (κ2) is 57.9. The molecule has 720 valence electrons. The topological polar surface area (TPSA) is 382 Å². The van der Waals surface area contributed by atoms with Crippen LogP contribution in [0.15, 0.2) is 264 Å². The average molecular weight is 2260 g/mol. The average Bonchev–Trinajstić information content (AvgIpc) is 1.51. The number of nitrogens with zero attached hydrogens (tertiary/aromatic N) is 7. The van der Waals surface area contributed by atoms with Gasteiger partial charge < -0.3 is 22.4 Å². The number of nitrogens with two attached hydrogens (primary N) is 3. The van der Waals surface area contributed by atoms with Gasteiger partial charge in [0.1, 0.15) is 0 Å². The number of alkyl halides is 11. The maximum atomic E-state index is 14.0. The van der Waals surface area contributed by atoms with E-state index < -0.39 is 117 Å². The predicted octanol–water partition coefficient (Wildman–Crippen LogP) is 12.0. The number of sulfonamides is 3. The number of rotatable bonds is 29. The third-order valence-electron chi connectivity index (χ3n) is 20.8. The minimum Gasteiger partial charge on any atom is -1.00 e. The number of aliphatic hydroxyl groups excluding tert-OH is 1. The molecule has 0 fully saturated rings. The Morgan fingerprint density at radius 2 is 0.772 bits per heavy atom. The van der Waals surface area contributed by atoms with Crippen LogP contribution in [0.2, 0.25) is 0 Å². The second-order valence-corrected chi connectivity index (χ2v) is 35.8. The van der Waals surface area contributed by atoms with E-state index in [-0.39, 0.29) is 197 Å². The number of hydrazine groups is 1. The van der Waals surface area contributed by atoms with Gasteiger partial charge in [0.25, 0.3) is 30.1 Å². The number of hydrogen-bond donors (Lipinski definition) is 5. The van der Waals surface area contributed by atoms with Gasteiger partial charge >= 0.3 is 156 Å². The Labute approximate surface area is 914 Å². The molecular weight excluding hydrogens is 2150 g/mol. The van der Waals surface area contributed by atoms with Gasteiger partial charge in [-0.15, -0.1) is 0 Å². The van der Waals surface area contributed by atoms with Crippen LogP contribution in [-0.4, -0.2) is 146 Å². The maximum absolute atomic E-state index is 14.0. The summed E-state index contributed by atoms with van der Waals surface area (Å²) in [4.78, 5) is 72.9. The minimum absolute atomic E-state index is 0. The summed E-state index contributed by atoms with van der Waals surface area (Å²) < 4.78 is 223. The van der Waals surface area contributed by atoms with Crippen LogP contribution in [0.1, 0.15) is 179 Å². The van der Waals surface area contributed by atoms with Crippen LogP contribution in [0.5, 0.6) is 0 Å². The van der Waals surface area contributed by atoms with Gasteiger partial charge in [-0.25, -0.2) is 30.0 Å². The molecule has 0 saturated carbocycles. The zero-order valence-corrected chi connectivity index (χ0v) is 92.5. The molecule has 2 aliphatic heterocycles. The number of aliphatic hydroxyl groups is 1. The van der Waals surface area contributed by atoms with Crippen LogP contribution in [0, 0.1) is 20.8 Å². The van der Waals surface area contributed by atoms with E-state index in [1.165, 1.54) is 29.2 Å². The predicted molar refractivity (Wildman–Crippen MR) is 492 cm³/mol. The van der Waals surface area contributed by atoms with Crippen molar-refractivity contribution in [1.82, 2.24) is 38.1 Å². The normalized spacial score (nSPS) is 12.9. The molecule has 136 heavy (non-hydrogen) atoms. The molecule has 25 nitrogen and oxygen atoms in total. The van der Waals surface area contributed by atoms with Crippen LogP contribution < -0.4 is 165 Å². The molecule has 0 bridgehead atoms. The van der Waals surface area contributed by atoms with Crippen molar-refractivity contribution in [3.63, 3.8) is 0 Å². The SMILES string of the molecule is CCO.Cc1cnccc1-c1cccc([C@H](C)N(CCCCN)S(=O)(=O)c2ccccc2C(F)(F)F)c1.Cc1cnccc1-c1cccc([C@H](C)N(CCCCN2C(=O)c3ccccc3C2=O)S(=O)(=O)c2ccccc2C(F)(F)F)c1.Cc1cnccc1-c1cccc([C@H](C)NS(=O)(=O)c2ccccc2C(F)(F)F)c1.NN.O=C1c2ccccc2C(=O)N1CCCCBr.O=CO[O-].[2H]CF.[Cs+].[Cs+].[H-]. The number of halogens is 11. The van der Waals surface area contributed by atoms with Crippen molar-refractivity contribution in [3.8, 4) is 33.4 Å². The number of hydrogen-bond acceptors (Lipinski definition) is 20. The molecule has 5 heterocycles. The molecule has 2 aliphatic rings. The van der Waals surface area contributed by atoms with Crippen molar-refractivity contribution in [1.29, 1.82) is 0 Å². The first-order valence-electron chi connectivity index (χ1n) is 42.0. The van der Waals surface area contributed by atoms with Gasteiger partial charge in [0.15, 0.2) is 0 Å². The summed E-state index contributed by atoms with van der Waals surface area (Å²) in [6.45, 7) is 13.2. The summed E-state index contributed by atoms with van der Waals surface area (Å²) in [6, 6.07) is 51.1. The number of carbonyl (C=O) groups excluding carboxylic acids is 5. The third kappa shape index (κ3) is 33.0. The summed E-state index contributed by atoms with van der Waals surface area (Å²) in [5.74, 6) is 6.84. The Morgan fingerprint density at radius 1 is 0.485 bits per heavy atom. The van der Waals surface area contributed by atoms with Gasteiger partial charge in [-0.3, -0.25) is 64.8 Å². The number of aryl methyl sites for hydroxylation is 3. The molecule has 0 radical (unpaired) electrons. The van der Waals surface area contributed by atoms with Gasteiger partial charge in [-0.1, -0.05) is 131 Å². The van der Waals surface area contributed by atoms with E-state index in [2.05, 4.69) is 52.2 Å². The van der Waals surface area contributed by atoms with Crippen LogP contribution in [0.4, 0.5) is 43.9 Å². The van der Waals surface area contributed by atoms with Crippen LogP contribution in [0.25, 0.3) is 33.4 Å². The molecule has 8 aromatic carbocycles. The standard InChI is InChI=1S/C33H30F3N3O4S.C25H28F3N3O2S.C21H19F3N2O2S.C12H12BrNO2.C2H6O.CH3F.CH2O3.2Cs.H4N2.H/c1-22-21-37-17-16-26(22)25-11-9-10-24(20-25)23(2)39(44(42,43)30-15-6-5-14-29(30)33(34,35)36)19-8-7-18-38-31(40)27-12-3-4-13-28(27)32(38)41;1-18-17-30-14-12-22(18)21-9-7-8-20(16-21)19(2)31(15-6-5-13-29)34(32,33)24-11-4-3-10-23(24)25(26,27)28;1-14-13-25-11-10-18(14)17-7-5-6-16(12-17)15(2)26-29(27,28)20-9-4-3-8-19(20)21(22,23)24;13-7-3-4-8-14-11(15)9-5-1-2-6-10(9)12(14)16;1-2-3;1-2;2-1-4-3;;;1-2;/h3-6,9-17,20-21,23H,7-8,18-19H2,1-2H3;3-4,7-12,14,16-17,19H,5-6,13,15,29H2,1-2H3;3-13,15,26H,1-2H3;1-2,5-6H,3-4,7-8H2;3H,2H2,1H3;1H3;1,3H;;;1-2H2;/q;;;;;;;2*+1;;-1/p-1/t23-;19-;15-;;;;;;;;/m000......../s1/i;;;;;1D;;;;;. The first-order chi connectivity index (χ1) is 64.1. The van der Waals surface area contributed by atoms with Crippen molar-refractivity contribution >= 4 is 76.1 Å². The largest absolute Gasteiger partial charge is 1.00 e. The van der Waals surface area contributed by atoms with E-state index >= 15 is 0 Å². The number of imide groups is 2. The van der Waals surface area contributed by atoms with E-state index in [1.807, 2.05) is 81.4 Å². The first kappa shape index (κ1) is 119. The van der Waals surface area contributed by atoms with Crippen molar-refractivity contribution in [3.05, 3.63) is 322 Å². The second-order valence-electron chi connectivity index (χ2n) is 29.6. The quantitative estimate of drug-likeness (QED) is 0.00425. The fourth-order valence-corrected chi connectivity index (χ4v) is 19.9. The zero-order chi connectivity index (χ0) is 100. The van der Waals surface area contributed by atoms with Gasteiger partial charge in [0, 0.05) is 93.4 Å². The van der Waals surface area contributed by atoms with Gasteiger partial charge in [-0.05, 0) is 257 Å². The van der Waals surface area contributed by atoms with Crippen molar-refractivity contribution in [2.24, 2.45) is 17.4 Å². The van der Waals surface area contributed by atoms with Gasteiger partial charge in [0.05, 0.1) is 62.2 Å². The van der Waals surface area contributed by atoms with Crippen LogP contribution >= 0.6 is 15.9 Å². The van der Waals surface area contributed by atoms with Crippen molar-refractivity contribution in [2.45, 2.75) is 138 Å². The van der Waals surface area contributed by atoms with Gasteiger partial charge in [0.2, 0.25) is 30.1 Å². The molecule has 11 aromatic rings. The Balaban J connectivity index is 0.000000469. The molecular formula is C95H104BrCs2F10N11O14S3. The molecule has 0 aliphatic carbocycles. The number of fused-ring (bicyclic) bond motifs is 2. The smallest absolute Gasteiger partial charge is 1.00 e. The minimum atomic E-state index is -4.89. The van der Waals surface area contributed by atoms with Crippen molar-refractivity contribution in [2.75, 3.05) is 51.8 Å². The Bertz CT molecular complexity index is 6090. The van der Waals surface area contributed by atoms with E-state index in [0.29, 0.717) is 64.9 Å². The summed E-state index contributed by atoms with van der Waals surface area (Å²) >= 11 is 3.33. The van der Waals surface area contributed by atoms with Gasteiger partial charge in [-0.2, -0.15) is 48.1 Å². The van der Waals surface area contributed by atoms with Crippen LogP contribution in [-0.2, 0) is 58.3 Å². The number of nitrogens with one attached hydrogen (secondary N) is 1. The summed E-state index contributed by atoms with van der Waals surface area (Å²) in [5.41, 5.74) is 13.7. The number of aromatic nitrogens is 3. The first-order valence-corrected chi connectivity index (χ1v) is 46.8. The number of carbonyl (C=O) groups is 5. The fourth-order valence-electron chi connectivity index (χ4n) is 14.3.